The number of aliphatic hydroxyl groups excluding tert-OH is 1. The molecule has 2 N–H and O–H groups in total. The molecule has 1 unspecified atom stereocenters. The number of rotatable bonds is 3. The van der Waals surface area contributed by atoms with Crippen LogP contribution in [0.3, 0.4) is 0 Å². The second kappa shape index (κ2) is 6.50. The predicted molar refractivity (Wildman–Crippen MR) is 103 cm³/mol. The minimum atomic E-state index is -0.632. The van der Waals surface area contributed by atoms with E-state index in [1.54, 1.807) is 0 Å². The molecule has 0 radical (unpaired) electrons. The normalized spacial score (nSPS) is 51.8. The smallest absolute Gasteiger partial charge is 0.303 e. The van der Waals surface area contributed by atoms with Gasteiger partial charge in [-0.1, -0.05) is 20.8 Å². The highest BCUT2D eigenvalue weighted by Gasteiger charge is 2.60. The van der Waals surface area contributed by atoms with E-state index in [0.29, 0.717) is 29.1 Å². The van der Waals surface area contributed by atoms with Crippen LogP contribution in [-0.4, -0.2) is 22.3 Å². The lowest BCUT2D eigenvalue weighted by molar-refractivity contribution is -0.141. The number of carbonyl (C=O) groups is 1. The lowest BCUT2D eigenvalue weighted by Gasteiger charge is -2.61. The maximum Gasteiger partial charge on any atom is 0.303 e. The molecule has 0 aromatic heterocycles. The third kappa shape index (κ3) is 2.75. The molecular formula is C23H38O3. The Labute approximate surface area is 158 Å². The fourth-order valence-corrected chi connectivity index (χ4v) is 8.63. The van der Waals surface area contributed by atoms with E-state index in [9.17, 15) is 15.0 Å². The van der Waals surface area contributed by atoms with Crippen LogP contribution in [0, 0.1) is 46.3 Å². The Bertz CT molecular complexity index is 560. The van der Waals surface area contributed by atoms with Crippen LogP contribution in [-0.2, 0) is 4.79 Å². The van der Waals surface area contributed by atoms with Crippen molar-refractivity contribution in [2.75, 3.05) is 0 Å². The summed E-state index contributed by atoms with van der Waals surface area (Å²) in [7, 11) is 0. The molecule has 148 valence electrons. The van der Waals surface area contributed by atoms with Crippen LogP contribution in [0.4, 0.5) is 0 Å². The van der Waals surface area contributed by atoms with Gasteiger partial charge in [0.2, 0.25) is 0 Å². The Morgan fingerprint density at radius 2 is 1.69 bits per heavy atom. The summed E-state index contributed by atoms with van der Waals surface area (Å²) >= 11 is 0. The van der Waals surface area contributed by atoms with Gasteiger partial charge < -0.3 is 10.2 Å². The number of aliphatic hydroxyl groups is 1. The Morgan fingerprint density at radius 3 is 2.42 bits per heavy atom. The van der Waals surface area contributed by atoms with Crippen LogP contribution in [0.15, 0.2) is 0 Å². The van der Waals surface area contributed by atoms with E-state index in [1.165, 1.54) is 44.9 Å². The summed E-state index contributed by atoms with van der Waals surface area (Å²) in [5.74, 6) is 3.45. The fourth-order valence-electron chi connectivity index (χ4n) is 8.63. The van der Waals surface area contributed by atoms with Gasteiger partial charge in [0, 0.05) is 6.42 Å². The molecule has 0 heterocycles. The summed E-state index contributed by atoms with van der Waals surface area (Å²) in [6.45, 7) is 7.23. The Hall–Kier alpha value is -0.570. The zero-order valence-electron chi connectivity index (χ0n) is 16.9. The van der Waals surface area contributed by atoms with Gasteiger partial charge in [-0.25, -0.2) is 0 Å². The van der Waals surface area contributed by atoms with E-state index in [1.807, 2.05) is 0 Å². The zero-order valence-corrected chi connectivity index (χ0v) is 16.9. The van der Waals surface area contributed by atoms with Crippen molar-refractivity contribution in [3.8, 4) is 0 Å². The molecule has 0 aliphatic heterocycles. The maximum absolute atomic E-state index is 11.3. The van der Waals surface area contributed by atoms with Crippen molar-refractivity contribution >= 4 is 5.97 Å². The number of hydrogen-bond acceptors (Lipinski definition) is 2. The van der Waals surface area contributed by atoms with Gasteiger partial charge in [0.15, 0.2) is 0 Å². The van der Waals surface area contributed by atoms with Crippen molar-refractivity contribution in [1.29, 1.82) is 0 Å². The SMILES string of the molecule is CC(CC(=O)O)[C@H]1CC[C@H]2[C@@H]3CC[C@@H]4C[C@H](O)CC[C@]4(C)[C@H]3CC[C@]12C. The first-order valence-electron chi connectivity index (χ1n) is 11.2. The summed E-state index contributed by atoms with van der Waals surface area (Å²) in [4.78, 5) is 11.3. The zero-order chi connectivity index (χ0) is 18.7. The fraction of sp³-hybridized carbons (Fsp3) is 0.957. The molecule has 9 atom stereocenters. The summed E-state index contributed by atoms with van der Waals surface area (Å²) in [6.07, 6.45) is 11.3. The molecule has 0 aromatic rings. The summed E-state index contributed by atoms with van der Waals surface area (Å²) in [5, 5.41) is 19.4. The van der Waals surface area contributed by atoms with Crippen LogP contribution in [0.25, 0.3) is 0 Å². The lowest BCUT2D eigenvalue weighted by atomic mass is 9.44. The Balaban J connectivity index is 1.55. The van der Waals surface area contributed by atoms with Gasteiger partial charge in [-0.3, -0.25) is 4.79 Å². The van der Waals surface area contributed by atoms with Crippen LogP contribution in [0.2, 0.25) is 0 Å². The topological polar surface area (TPSA) is 57.5 Å². The third-order valence-corrected chi connectivity index (χ3v) is 9.89. The number of carboxylic acid groups (broad SMARTS) is 1. The molecule has 3 heteroatoms. The second-order valence-electron chi connectivity index (χ2n) is 10.9. The van der Waals surface area contributed by atoms with E-state index < -0.39 is 5.97 Å². The quantitative estimate of drug-likeness (QED) is 0.733. The molecule has 0 amide bonds. The minimum Gasteiger partial charge on any atom is -0.481 e. The predicted octanol–water partition coefficient (Wildman–Crippen LogP) is 5.12. The van der Waals surface area contributed by atoms with Crippen LogP contribution in [0.5, 0.6) is 0 Å². The average molecular weight is 363 g/mol. The number of aliphatic carboxylic acids is 1. The highest BCUT2D eigenvalue weighted by molar-refractivity contribution is 5.67. The van der Waals surface area contributed by atoms with Gasteiger partial charge in [-0.05, 0) is 104 Å². The first-order chi connectivity index (χ1) is 12.3. The number of fused-ring (bicyclic) bond motifs is 5. The van der Waals surface area contributed by atoms with Crippen LogP contribution >= 0.6 is 0 Å². The van der Waals surface area contributed by atoms with Gasteiger partial charge in [0.25, 0.3) is 0 Å². The molecule has 0 saturated heterocycles. The average Bonchev–Trinajstić information content (AvgIpc) is 2.92. The molecule has 4 saturated carbocycles. The highest BCUT2D eigenvalue weighted by Crippen LogP contribution is 2.68. The van der Waals surface area contributed by atoms with Gasteiger partial charge in [-0.15, -0.1) is 0 Å². The van der Waals surface area contributed by atoms with Crippen molar-refractivity contribution in [3.05, 3.63) is 0 Å². The highest BCUT2D eigenvalue weighted by atomic mass is 16.4. The molecule has 4 fully saturated rings. The van der Waals surface area contributed by atoms with Crippen LogP contribution < -0.4 is 0 Å². The third-order valence-electron chi connectivity index (χ3n) is 9.89. The standard InChI is InChI=1S/C23H38O3/c1-14(12-21(25)26)18-6-7-19-17-5-4-15-13-16(24)8-10-22(15,2)20(17)9-11-23(18,19)3/h14-20,24H,4-13H2,1-3H3,(H,25,26)/t14?,15-,16-,17+,18-,19+,20+,22+,23-/m1/s1. The number of carboxylic acids is 1. The second-order valence-corrected chi connectivity index (χ2v) is 10.9. The first kappa shape index (κ1) is 18.8. The molecule has 4 rings (SSSR count). The van der Waals surface area contributed by atoms with Gasteiger partial charge in [0.1, 0.15) is 0 Å². The monoisotopic (exact) mass is 362 g/mol. The molecule has 4 aliphatic carbocycles. The van der Waals surface area contributed by atoms with Crippen molar-refractivity contribution in [3.63, 3.8) is 0 Å². The van der Waals surface area contributed by atoms with Gasteiger partial charge in [0.05, 0.1) is 6.10 Å². The van der Waals surface area contributed by atoms with E-state index >= 15 is 0 Å². The van der Waals surface area contributed by atoms with E-state index in [2.05, 4.69) is 20.8 Å². The molecular weight excluding hydrogens is 324 g/mol. The van der Waals surface area contributed by atoms with Gasteiger partial charge in [-0.2, -0.15) is 0 Å². The molecule has 0 aromatic carbocycles. The Morgan fingerprint density at radius 1 is 1.00 bits per heavy atom. The Kier molecular flexibility index (Phi) is 4.69. The maximum atomic E-state index is 11.3. The van der Waals surface area contributed by atoms with E-state index in [4.69, 9.17) is 0 Å². The molecule has 3 nitrogen and oxygen atoms in total. The van der Waals surface area contributed by atoms with Gasteiger partial charge >= 0.3 is 5.97 Å². The molecule has 26 heavy (non-hydrogen) atoms. The van der Waals surface area contributed by atoms with E-state index in [0.717, 1.165) is 36.5 Å². The van der Waals surface area contributed by atoms with Crippen molar-refractivity contribution in [2.45, 2.75) is 91.1 Å². The van der Waals surface area contributed by atoms with Crippen molar-refractivity contribution in [2.24, 2.45) is 46.3 Å². The molecule has 0 bridgehead atoms. The molecule has 0 spiro atoms. The van der Waals surface area contributed by atoms with Crippen molar-refractivity contribution in [1.82, 2.24) is 0 Å². The minimum absolute atomic E-state index is 0.0637. The summed E-state index contributed by atoms with van der Waals surface area (Å²) in [5.41, 5.74) is 0.793. The van der Waals surface area contributed by atoms with Crippen molar-refractivity contribution < 1.29 is 15.0 Å². The first-order valence-corrected chi connectivity index (χ1v) is 11.2. The largest absolute Gasteiger partial charge is 0.481 e. The lowest BCUT2D eigenvalue weighted by Crippen LogP contribution is -2.54. The summed E-state index contributed by atoms with van der Waals surface area (Å²) in [6, 6.07) is 0. The number of hydrogen-bond donors (Lipinski definition) is 2. The summed E-state index contributed by atoms with van der Waals surface area (Å²) < 4.78 is 0. The molecule has 4 aliphatic rings. The van der Waals surface area contributed by atoms with Crippen LogP contribution in [0.1, 0.15) is 85.0 Å². The van der Waals surface area contributed by atoms with E-state index in [-0.39, 0.29) is 6.10 Å².